The van der Waals surface area contributed by atoms with Gasteiger partial charge in [0.15, 0.2) is 0 Å². The Morgan fingerprint density at radius 2 is 1.70 bits per heavy atom. The highest BCUT2D eigenvalue weighted by Crippen LogP contribution is 2.28. The fourth-order valence-corrected chi connectivity index (χ4v) is 2.55. The predicted octanol–water partition coefficient (Wildman–Crippen LogP) is 3.53. The molecule has 1 aliphatic heterocycles. The second kappa shape index (κ2) is 5.97. The van der Waals surface area contributed by atoms with Gasteiger partial charge in [-0.15, -0.1) is 0 Å². The van der Waals surface area contributed by atoms with Crippen LogP contribution in [-0.2, 0) is 4.74 Å². The molecule has 0 aromatic heterocycles. The standard InChI is InChI=1S/C17H20N2O/c18-16-7-6-14(13-4-2-1-3-5-13)12-17(16)19-15-8-10-20-11-9-15/h1-7,12,15,19H,8-11,18H2. The van der Waals surface area contributed by atoms with E-state index in [0.717, 1.165) is 37.4 Å². The minimum Gasteiger partial charge on any atom is -0.397 e. The first-order valence-corrected chi connectivity index (χ1v) is 7.12. The van der Waals surface area contributed by atoms with Crippen molar-refractivity contribution in [3.05, 3.63) is 48.5 Å². The van der Waals surface area contributed by atoms with Crippen molar-refractivity contribution in [3.8, 4) is 11.1 Å². The average Bonchev–Trinajstić information content (AvgIpc) is 2.51. The van der Waals surface area contributed by atoms with Gasteiger partial charge >= 0.3 is 0 Å². The molecule has 2 aromatic carbocycles. The minimum atomic E-state index is 0.456. The van der Waals surface area contributed by atoms with E-state index in [2.05, 4.69) is 41.7 Å². The van der Waals surface area contributed by atoms with Crippen LogP contribution in [0.5, 0.6) is 0 Å². The molecule has 3 heteroatoms. The number of benzene rings is 2. The largest absolute Gasteiger partial charge is 0.397 e. The van der Waals surface area contributed by atoms with Crippen molar-refractivity contribution < 1.29 is 4.74 Å². The lowest BCUT2D eigenvalue weighted by Gasteiger charge is -2.25. The molecule has 0 unspecified atom stereocenters. The Labute approximate surface area is 119 Å². The van der Waals surface area contributed by atoms with Gasteiger partial charge in [-0.1, -0.05) is 36.4 Å². The molecule has 1 aliphatic rings. The summed E-state index contributed by atoms with van der Waals surface area (Å²) in [6, 6.07) is 17.0. The van der Waals surface area contributed by atoms with Gasteiger partial charge < -0.3 is 15.8 Å². The summed E-state index contributed by atoms with van der Waals surface area (Å²) in [6.45, 7) is 1.66. The van der Waals surface area contributed by atoms with Gasteiger partial charge in [0, 0.05) is 19.3 Å². The van der Waals surface area contributed by atoms with E-state index in [1.54, 1.807) is 0 Å². The Morgan fingerprint density at radius 1 is 0.950 bits per heavy atom. The lowest BCUT2D eigenvalue weighted by atomic mass is 10.0. The zero-order chi connectivity index (χ0) is 13.8. The lowest BCUT2D eigenvalue weighted by molar-refractivity contribution is 0.0904. The molecular formula is C17H20N2O. The maximum Gasteiger partial charge on any atom is 0.0582 e. The Hall–Kier alpha value is -2.00. The summed E-state index contributed by atoms with van der Waals surface area (Å²) in [4.78, 5) is 0. The van der Waals surface area contributed by atoms with Gasteiger partial charge in [0.25, 0.3) is 0 Å². The number of rotatable bonds is 3. The van der Waals surface area contributed by atoms with Gasteiger partial charge in [-0.05, 0) is 36.1 Å². The second-order valence-electron chi connectivity index (χ2n) is 5.20. The third-order valence-electron chi connectivity index (χ3n) is 3.74. The molecule has 1 fully saturated rings. The fraction of sp³-hybridized carbons (Fsp3) is 0.294. The molecule has 0 atom stereocenters. The highest BCUT2D eigenvalue weighted by Gasteiger charge is 2.14. The second-order valence-corrected chi connectivity index (χ2v) is 5.20. The lowest BCUT2D eigenvalue weighted by Crippen LogP contribution is -2.28. The van der Waals surface area contributed by atoms with Crippen molar-refractivity contribution in [2.24, 2.45) is 0 Å². The maximum atomic E-state index is 6.09. The third kappa shape index (κ3) is 2.94. The smallest absolute Gasteiger partial charge is 0.0582 e. The SMILES string of the molecule is Nc1ccc(-c2ccccc2)cc1NC1CCOCC1. The summed E-state index contributed by atoms with van der Waals surface area (Å²) in [5, 5.41) is 3.55. The van der Waals surface area contributed by atoms with Gasteiger partial charge in [0.05, 0.1) is 11.4 Å². The molecule has 0 saturated carbocycles. The van der Waals surface area contributed by atoms with E-state index < -0.39 is 0 Å². The van der Waals surface area contributed by atoms with E-state index in [1.807, 2.05) is 12.1 Å². The third-order valence-corrected chi connectivity index (χ3v) is 3.74. The van der Waals surface area contributed by atoms with Gasteiger partial charge in [0.1, 0.15) is 0 Å². The minimum absolute atomic E-state index is 0.456. The molecule has 0 radical (unpaired) electrons. The molecule has 104 valence electrons. The first-order chi connectivity index (χ1) is 9.83. The van der Waals surface area contributed by atoms with Crippen molar-refractivity contribution in [1.82, 2.24) is 0 Å². The summed E-state index contributed by atoms with van der Waals surface area (Å²) in [5.74, 6) is 0. The molecule has 20 heavy (non-hydrogen) atoms. The number of anilines is 2. The first-order valence-electron chi connectivity index (χ1n) is 7.12. The van der Waals surface area contributed by atoms with E-state index in [4.69, 9.17) is 10.5 Å². The van der Waals surface area contributed by atoms with E-state index in [0.29, 0.717) is 6.04 Å². The molecule has 3 nitrogen and oxygen atoms in total. The molecule has 3 rings (SSSR count). The van der Waals surface area contributed by atoms with Crippen LogP contribution in [-0.4, -0.2) is 19.3 Å². The topological polar surface area (TPSA) is 47.3 Å². The summed E-state index contributed by atoms with van der Waals surface area (Å²) in [7, 11) is 0. The molecule has 0 amide bonds. The quantitative estimate of drug-likeness (QED) is 0.837. The van der Waals surface area contributed by atoms with Crippen molar-refractivity contribution in [3.63, 3.8) is 0 Å². The van der Waals surface area contributed by atoms with Crippen LogP contribution in [0.4, 0.5) is 11.4 Å². The number of nitrogen functional groups attached to an aromatic ring is 1. The number of ether oxygens (including phenoxy) is 1. The van der Waals surface area contributed by atoms with Crippen LogP contribution in [0.1, 0.15) is 12.8 Å². The van der Waals surface area contributed by atoms with Crippen LogP contribution in [0.25, 0.3) is 11.1 Å². The molecule has 0 aliphatic carbocycles. The van der Waals surface area contributed by atoms with Gasteiger partial charge in [-0.3, -0.25) is 0 Å². The number of hydrogen-bond donors (Lipinski definition) is 2. The number of hydrogen-bond acceptors (Lipinski definition) is 3. The van der Waals surface area contributed by atoms with Crippen LogP contribution in [0, 0.1) is 0 Å². The molecule has 0 spiro atoms. The van der Waals surface area contributed by atoms with Crippen LogP contribution >= 0.6 is 0 Å². The zero-order valence-electron chi connectivity index (χ0n) is 11.5. The van der Waals surface area contributed by atoms with Gasteiger partial charge in [-0.2, -0.15) is 0 Å². The van der Waals surface area contributed by atoms with Crippen LogP contribution < -0.4 is 11.1 Å². The van der Waals surface area contributed by atoms with E-state index in [-0.39, 0.29) is 0 Å². The van der Waals surface area contributed by atoms with Crippen molar-refractivity contribution in [2.75, 3.05) is 24.3 Å². The summed E-state index contributed by atoms with van der Waals surface area (Å²) >= 11 is 0. The molecular weight excluding hydrogens is 248 g/mol. The van der Waals surface area contributed by atoms with Crippen molar-refractivity contribution >= 4 is 11.4 Å². The van der Waals surface area contributed by atoms with E-state index in [9.17, 15) is 0 Å². The van der Waals surface area contributed by atoms with Gasteiger partial charge in [0.2, 0.25) is 0 Å². The first kappa shape index (κ1) is 13.0. The Balaban J connectivity index is 1.83. The molecule has 0 bridgehead atoms. The van der Waals surface area contributed by atoms with E-state index >= 15 is 0 Å². The Kier molecular flexibility index (Phi) is 3.88. The predicted molar refractivity (Wildman–Crippen MR) is 83.8 cm³/mol. The summed E-state index contributed by atoms with van der Waals surface area (Å²) < 4.78 is 5.39. The fourth-order valence-electron chi connectivity index (χ4n) is 2.55. The molecule has 1 saturated heterocycles. The van der Waals surface area contributed by atoms with Crippen molar-refractivity contribution in [1.29, 1.82) is 0 Å². The average molecular weight is 268 g/mol. The molecule has 1 heterocycles. The molecule has 3 N–H and O–H groups in total. The van der Waals surface area contributed by atoms with E-state index in [1.165, 1.54) is 11.1 Å². The van der Waals surface area contributed by atoms with Crippen molar-refractivity contribution in [2.45, 2.75) is 18.9 Å². The Bertz CT molecular complexity index is 562. The zero-order valence-corrected chi connectivity index (χ0v) is 11.5. The normalized spacial score (nSPS) is 16.0. The highest BCUT2D eigenvalue weighted by atomic mass is 16.5. The summed E-state index contributed by atoms with van der Waals surface area (Å²) in [5.41, 5.74) is 10.3. The van der Waals surface area contributed by atoms with Crippen LogP contribution in [0.2, 0.25) is 0 Å². The monoisotopic (exact) mass is 268 g/mol. The van der Waals surface area contributed by atoms with Crippen LogP contribution in [0.15, 0.2) is 48.5 Å². The molecule has 2 aromatic rings. The maximum absolute atomic E-state index is 6.09. The van der Waals surface area contributed by atoms with Crippen LogP contribution in [0.3, 0.4) is 0 Å². The highest BCUT2D eigenvalue weighted by molar-refractivity contribution is 5.76. The Morgan fingerprint density at radius 3 is 2.45 bits per heavy atom. The number of nitrogens with one attached hydrogen (secondary N) is 1. The van der Waals surface area contributed by atoms with Gasteiger partial charge in [-0.25, -0.2) is 0 Å². The summed E-state index contributed by atoms with van der Waals surface area (Å²) in [6.07, 6.45) is 2.07. The number of nitrogens with two attached hydrogens (primary N) is 1.